The predicted molar refractivity (Wildman–Crippen MR) is 163 cm³/mol. The molecule has 44 heavy (non-hydrogen) atoms. The minimum Gasteiger partial charge on any atom is -0.452 e. The summed E-state index contributed by atoms with van der Waals surface area (Å²) in [7, 11) is 0. The van der Waals surface area contributed by atoms with Gasteiger partial charge in [-0.15, -0.1) is 0 Å². The Morgan fingerprint density at radius 3 is 2.39 bits per heavy atom. The van der Waals surface area contributed by atoms with E-state index < -0.39 is 42.1 Å². The quantitative estimate of drug-likeness (QED) is 0.174. The molecule has 5 N–H and O–H groups in total. The molecule has 11 heteroatoms. The number of hydrogen-bond acceptors (Lipinski definition) is 8. The van der Waals surface area contributed by atoms with Crippen LogP contribution in [-0.2, 0) is 32.0 Å². The summed E-state index contributed by atoms with van der Waals surface area (Å²) in [4.78, 5) is 54.9. The lowest BCUT2D eigenvalue weighted by Gasteiger charge is -2.32. The van der Waals surface area contributed by atoms with Crippen LogP contribution in [0, 0.1) is 11.8 Å². The van der Waals surface area contributed by atoms with Crippen LogP contribution in [0.5, 0.6) is 0 Å². The molecule has 2 saturated carbocycles. The first-order chi connectivity index (χ1) is 21.5. The van der Waals surface area contributed by atoms with Crippen LogP contribution in [0.1, 0.15) is 87.4 Å². The monoisotopic (exact) mass is 604 g/mol. The van der Waals surface area contributed by atoms with Crippen LogP contribution in [0.3, 0.4) is 0 Å². The van der Waals surface area contributed by atoms with Crippen LogP contribution in [0.4, 0.5) is 0 Å². The highest BCUT2D eigenvalue weighted by Crippen LogP contribution is 2.31. The zero-order valence-electron chi connectivity index (χ0n) is 25.1. The molecule has 2 fully saturated rings. The lowest BCUT2D eigenvalue weighted by Crippen LogP contribution is -2.54. The maximum atomic E-state index is 13.8. The second kappa shape index (κ2) is 15.8. The molecule has 0 aliphatic heterocycles. The van der Waals surface area contributed by atoms with Gasteiger partial charge in [0.1, 0.15) is 11.9 Å². The van der Waals surface area contributed by atoms with Crippen molar-refractivity contribution in [3.8, 4) is 0 Å². The molecular formula is C33H44N6O5. The molecule has 0 radical (unpaired) electrons. The van der Waals surface area contributed by atoms with Gasteiger partial charge in [0.05, 0.1) is 24.0 Å². The molecule has 4 atom stereocenters. The molecule has 3 aromatic rings. The fourth-order valence-corrected chi connectivity index (χ4v) is 6.50. The number of amides is 2. The molecule has 2 heterocycles. The van der Waals surface area contributed by atoms with E-state index in [2.05, 4.69) is 30.6 Å². The lowest BCUT2D eigenvalue weighted by molar-refractivity contribution is -0.160. The van der Waals surface area contributed by atoms with Crippen molar-refractivity contribution in [1.82, 2.24) is 30.6 Å². The normalized spacial score (nSPS) is 18.8. The first-order valence-electron chi connectivity index (χ1n) is 16.0. The third kappa shape index (κ3) is 8.86. The zero-order chi connectivity index (χ0) is 30.7. The van der Waals surface area contributed by atoms with Crippen molar-refractivity contribution in [2.45, 2.75) is 101 Å². The Labute approximate surface area is 258 Å². The minimum absolute atomic E-state index is 0.150. The number of hydrogen-bond donors (Lipinski definition) is 5. The maximum absolute atomic E-state index is 13.8. The molecule has 0 unspecified atom stereocenters. The van der Waals surface area contributed by atoms with Crippen molar-refractivity contribution in [3.05, 3.63) is 72.3 Å². The van der Waals surface area contributed by atoms with Crippen LogP contribution in [0.25, 0.3) is 0 Å². The molecule has 0 bridgehead atoms. The molecule has 2 aliphatic rings. The van der Waals surface area contributed by atoms with E-state index in [1.54, 1.807) is 18.6 Å². The van der Waals surface area contributed by atoms with E-state index in [0.29, 0.717) is 23.9 Å². The Hall–Kier alpha value is -3.83. The van der Waals surface area contributed by atoms with Crippen LogP contribution < -0.4 is 10.6 Å². The fourth-order valence-electron chi connectivity index (χ4n) is 6.50. The van der Waals surface area contributed by atoms with Gasteiger partial charge < -0.3 is 19.8 Å². The van der Waals surface area contributed by atoms with Gasteiger partial charge in [-0.3, -0.25) is 25.0 Å². The number of ether oxygens (including phenoxy) is 1. The molecule has 0 spiro atoms. The summed E-state index contributed by atoms with van der Waals surface area (Å²) in [6.07, 6.45) is 14.3. The number of aliphatic hydroxyl groups excluding tert-OH is 1. The van der Waals surface area contributed by atoms with Crippen LogP contribution in [0.15, 0.2) is 55.2 Å². The van der Waals surface area contributed by atoms with Crippen molar-refractivity contribution in [1.29, 1.82) is 0 Å². The highest BCUT2D eigenvalue weighted by Gasteiger charge is 2.35. The number of esters is 1. The van der Waals surface area contributed by atoms with Gasteiger partial charge in [-0.2, -0.15) is 0 Å². The Morgan fingerprint density at radius 1 is 0.955 bits per heavy atom. The zero-order valence-corrected chi connectivity index (χ0v) is 25.1. The minimum atomic E-state index is -1.16. The molecule has 1 aromatic carbocycles. The largest absolute Gasteiger partial charge is 0.452 e. The highest BCUT2D eigenvalue weighted by molar-refractivity contribution is 6.00. The number of benzene rings is 1. The molecule has 11 nitrogen and oxygen atoms in total. The van der Waals surface area contributed by atoms with Crippen molar-refractivity contribution < 1.29 is 24.2 Å². The summed E-state index contributed by atoms with van der Waals surface area (Å²) in [6, 6.07) is 7.90. The average Bonchev–Trinajstić information content (AvgIpc) is 3.85. The summed E-state index contributed by atoms with van der Waals surface area (Å²) >= 11 is 0. The van der Waals surface area contributed by atoms with E-state index in [1.165, 1.54) is 12.7 Å². The Balaban J connectivity index is 1.33. The van der Waals surface area contributed by atoms with Crippen molar-refractivity contribution in [2.24, 2.45) is 11.8 Å². The maximum Gasteiger partial charge on any atom is 0.309 e. The van der Waals surface area contributed by atoms with Gasteiger partial charge >= 0.3 is 5.97 Å². The van der Waals surface area contributed by atoms with Gasteiger partial charge in [0.2, 0.25) is 5.91 Å². The second-order valence-corrected chi connectivity index (χ2v) is 12.2. The van der Waals surface area contributed by atoms with Crippen LogP contribution in [-0.4, -0.2) is 61.0 Å². The average molecular weight is 605 g/mol. The fraction of sp³-hybridized carbons (Fsp3) is 0.545. The Kier molecular flexibility index (Phi) is 11.3. The van der Waals surface area contributed by atoms with Gasteiger partial charge in [0, 0.05) is 37.5 Å². The molecule has 2 aliphatic carbocycles. The summed E-state index contributed by atoms with van der Waals surface area (Å²) in [5.41, 5.74) is 1.45. The topological polar surface area (TPSA) is 162 Å². The molecule has 2 aromatic heterocycles. The van der Waals surface area contributed by atoms with Gasteiger partial charge in [0.15, 0.2) is 6.10 Å². The van der Waals surface area contributed by atoms with Crippen LogP contribution >= 0.6 is 0 Å². The molecule has 0 saturated heterocycles. The first-order valence-corrected chi connectivity index (χ1v) is 16.0. The van der Waals surface area contributed by atoms with E-state index >= 15 is 0 Å². The summed E-state index contributed by atoms with van der Waals surface area (Å²) in [5.74, 6) is -1.06. The summed E-state index contributed by atoms with van der Waals surface area (Å²) < 4.78 is 5.76. The molecule has 5 rings (SSSR count). The standard InChI is InChI=1S/C33H44N6O5/c40-29(30-35-15-16-36-30)26(17-22-9-3-1-4-10-22)38-27(19-25-20-34-21-37-25)31(41)39-32(42)28(18-23-11-5-2-6-12-23)44-33(43)24-13-7-8-14-24/h2,5-6,11-12,15-16,20-22,24,26-29,38,40H,1,3-4,7-10,13-14,17-19H2,(H,34,37)(H,35,36)(H,39,41,42)/t26-,27-,28-,29+/m0/s1. The van der Waals surface area contributed by atoms with E-state index in [1.807, 2.05) is 30.3 Å². The summed E-state index contributed by atoms with van der Waals surface area (Å²) in [6.45, 7) is 0. The third-order valence-electron chi connectivity index (χ3n) is 8.94. The third-order valence-corrected chi connectivity index (χ3v) is 8.94. The smallest absolute Gasteiger partial charge is 0.309 e. The van der Waals surface area contributed by atoms with E-state index in [0.717, 1.165) is 56.9 Å². The first kappa shape index (κ1) is 31.6. The number of rotatable bonds is 14. The molecule has 236 valence electrons. The number of imide groups is 1. The Bertz CT molecular complexity index is 1300. The number of aromatic amines is 2. The van der Waals surface area contributed by atoms with Crippen molar-refractivity contribution in [2.75, 3.05) is 0 Å². The van der Waals surface area contributed by atoms with Gasteiger partial charge in [-0.1, -0.05) is 75.3 Å². The van der Waals surface area contributed by atoms with Gasteiger partial charge in [-0.25, -0.2) is 9.97 Å². The predicted octanol–water partition coefficient (Wildman–Crippen LogP) is 3.69. The van der Waals surface area contributed by atoms with Crippen molar-refractivity contribution in [3.63, 3.8) is 0 Å². The van der Waals surface area contributed by atoms with Crippen LogP contribution in [0.2, 0.25) is 0 Å². The van der Waals surface area contributed by atoms with Gasteiger partial charge in [-0.05, 0) is 30.7 Å². The lowest BCUT2D eigenvalue weighted by atomic mass is 9.83. The molecule has 2 amide bonds. The number of aliphatic hydroxyl groups is 1. The second-order valence-electron chi connectivity index (χ2n) is 12.2. The number of nitrogens with one attached hydrogen (secondary N) is 4. The highest BCUT2D eigenvalue weighted by atomic mass is 16.5. The summed E-state index contributed by atoms with van der Waals surface area (Å²) in [5, 5.41) is 17.3. The number of aromatic nitrogens is 4. The van der Waals surface area contributed by atoms with Gasteiger partial charge in [0.25, 0.3) is 5.91 Å². The van der Waals surface area contributed by atoms with E-state index in [-0.39, 0.29) is 18.8 Å². The SMILES string of the molecule is O=C(O[C@@H](Cc1ccccc1)C(=O)NC(=O)[C@H](Cc1c[nH]cn1)N[C@@H](CC1CCCCC1)[C@@H](O)c1ncc[nH]1)C1CCCC1. The van der Waals surface area contributed by atoms with E-state index in [4.69, 9.17) is 4.74 Å². The number of H-pyrrole nitrogens is 2. The number of carbonyl (C=O) groups excluding carboxylic acids is 3. The number of imidazole rings is 2. The number of carbonyl (C=O) groups is 3. The Morgan fingerprint density at radius 2 is 1.70 bits per heavy atom. The van der Waals surface area contributed by atoms with E-state index in [9.17, 15) is 19.5 Å². The molecular weight excluding hydrogens is 560 g/mol. The number of nitrogens with zero attached hydrogens (tertiary/aromatic N) is 2. The van der Waals surface area contributed by atoms with Crippen molar-refractivity contribution >= 4 is 17.8 Å².